The molecule has 0 unspecified atom stereocenters. The topological polar surface area (TPSA) is 12.0 Å². The predicted molar refractivity (Wildman–Crippen MR) is 64.8 cm³/mol. The van der Waals surface area contributed by atoms with Gasteiger partial charge in [0.15, 0.2) is 0 Å². The van der Waals surface area contributed by atoms with Crippen molar-refractivity contribution in [2.24, 2.45) is 0 Å². The standard InChI is InChI=1S/C14H12F3N/c1-9-6-12(4-5-13(9)16)18-8-10-2-3-11(15)7-14(10)17/h2-7,18H,8H2,1H3. The van der Waals surface area contributed by atoms with Crippen LogP contribution in [0.4, 0.5) is 18.9 Å². The fraction of sp³-hybridized carbons (Fsp3) is 0.143. The van der Waals surface area contributed by atoms with Gasteiger partial charge in [0.2, 0.25) is 0 Å². The Morgan fingerprint density at radius 1 is 0.944 bits per heavy atom. The average molecular weight is 251 g/mol. The van der Waals surface area contributed by atoms with Crippen molar-refractivity contribution in [2.75, 3.05) is 5.32 Å². The Morgan fingerprint density at radius 3 is 2.39 bits per heavy atom. The van der Waals surface area contributed by atoms with Gasteiger partial charge in [-0.3, -0.25) is 0 Å². The molecular formula is C14H12F3N. The van der Waals surface area contributed by atoms with E-state index in [1.807, 2.05) is 0 Å². The lowest BCUT2D eigenvalue weighted by Crippen LogP contribution is -2.02. The van der Waals surface area contributed by atoms with Crippen LogP contribution in [0.3, 0.4) is 0 Å². The first kappa shape index (κ1) is 12.5. The third-order valence-electron chi connectivity index (χ3n) is 2.66. The van der Waals surface area contributed by atoms with Crippen LogP contribution in [0.5, 0.6) is 0 Å². The summed E-state index contributed by atoms with van der Waals surface area (Å²) in [5, 5.41) is 2.96. The second-order valence-corrected chi connectivity index (χ2v) is 4.05. The summed E-state index contributed by atoms with van der Waals surface area (Å²) in [5.41, 5.74) is 1.57. The van der Waals surface area contributed by atoms with Crippen LogP contribution in [0, 0.1) is 24.4 Å². The first-order valence-corrected chi connectivity index (χ1v) is 5.50. The summed E-state index contributed by atoms with van der Waals surface area (Å²) in [7, 11) is 0. The Kier molecular flexibility index (Phi) is 3.55. The molecule has 0 aliphatic heterocycles. The maximum absolute atomic E-state index is 13.4. The van der Waals surface area contributed by atoms with Gasteiger partial charge in [0.25, 0.3) is 0 Å². The zero-order chi connectivity index (χ0) is 13.1. The number of anilines is 1. The van der Waals surface area contributed by atoms with E-state index < -0.39 is 11.6 Å². The minimum Gasteiger partial charge on any atom is -0.381 e. The number of nitrogens with one attached hydrogen (secondary N) is 1. The summed E-state index contributed by atoms with van der Waals surface area (Å²) < 4.78 is 39.1. The monoisotopic (exact) mass is 251 g/mol. The Bertz CT molecular complexity index is 567. The first-order valence-electron chi connectivity index (χ1n) is 5.50. The lowest BCUT2D eigenvalue weighted by Gasteiger charge is -2.08. The van der Waals surface area contributed by atoms with E-state index in [1.165, 1.54) is 18.2 Å². The van der Waals surface area contributed by atoms with Gasteiger partial charge >= 0.3 is 0 Å². The van der Waals surface area contributed by atoms with Crippen LogP contribution in [-0.4, -0.2) is 0 Å². The molecule has 0 fully saturated rings. The minimum absolute atomic E-state index is 0.219. The molecule has 2 aromatic rings. The van der Waals surface area contributed by atoms with Crippen molar-refractivity contribution in [1.29, 1.82) is 0 Å². The van der Waals surface area contributed by atoms with Crippen molar-refractivity contribution in [3.8, 4) is 0 Å². The van der Waals surface area contributed by atoms with Gasteiger partial charge in [0.05, 0.1) is 0 Å². The third-order valence-corrected chi connectivity index (χ3v) is 2.66. The van der Waals surface area contributed by atoms with E-state index in [9.17, 15) is 13.2 Å². The second kappa shape index (κ2) is 5.12. The Hall–Kier alpha value is -1.97. The number of hydrogen-bond acceptors (Lipinski definition) is 1. The molecule has 0 atom stereocenters. The Labute approximate surface area is 103 Å². The molecule has 0 heterocycles. The van der Waals surface area contributed by atoms with Crippen molar-refractivity contribution in [3.05, 3.63) is 65.0 Å². The van der Waals surface area contributed by atoms with Gasteiger partial charge in [-0.2, -0.15) is 0 Å². The van der Waals surface area contributed by atoms with Crippen molar-refractivity contribution in [2.45, 2.75) is 13.5 Å². The van der Waals surface area contributed by atoms with E-state index in [0.29, 0.717) is 16.8 Å². The van der Waals surface area contributed by atoms with E-state index in [1.54, 1.807) is 19.1 Å². The van der Waals surface area contributed by atoms with Crippen LogP contribution in [0.2, 0.25) is 0 Å². The number of halogens is 3. The van der Waals surface area contributed by atoms with E-state index in [-0.39, 0.29) is 12.4 Å². The molecular weight excluding hydrogens is 239 g/mol. The van der Waals surface area contributed by atoms with Crippen LogP contribution >= 0.6 is 0 Å². The molecule has 2 aromatic carbocycles. The number of aryl methyl sites for hydroxylation is 1. The maximum atomic E-state index is 13.4. The molecule has 0 aromatic heterocycles. The fourth-order valence-corrected chi connectivity index (χ4v) is 1.62. The Balaban J connectivity index is 2.09. The second-order valence-electron chi connectivity index (χ2n) is 4.05. The van der Waals surface area contributed by atoms with E-state index >= 15 is 0 Å². The number of rotatable bonds is 3. The van der Waals surface area contributed by atoms with Gasteiger partial charge in [0.1, 0.15) is 17.5 Å². The molecule has 0 amide bonds. The van der Waals surface area contributed by atoms with Crippen LogP contribution in [0.15, 0.2) is 36.4 Å². The highest BCUT2D eigenvalue weighted by molar-refractivity contribution is 5.46. The summed E-state index contributed by atoms with van der Waals surface area (Å²) in [6, 6.07) is 7.98. The zero-order valence-electron chi connectivity index (χ0n) is 9.81. The summed E-state index contributed by atoms with van der Waals surface area (Å²) in [5.74, 6) is -1.48. The molecule has 18 heavy (non-hydrogen) atoms. The molecule has 0 bridgehead atoms. The van der Waals surface area contributed by atoms with Gasteiger partial charge in [-0.15, -0.1) is 0 Å². The molecule has 2 rings (SSSR count). The van der Waals surface area contributed by atoms with Crippen LogP contribution in [0.1, 0.15) is 11.1 Å². The molecule has 1 nitrogen and oxygen atoms in total. The maximum Gasteiger partial charge on any atom is 0.131 e. The van der Waals surface area contributed by atoms with Gasteiger partial charge < -0.3 is 5.32 Å². The molecule has 94 valence electrons. The summed E-state index contributed by atoms with van der Waals surface area (Å²) in [6.07, 6.45) is 0. The quantitative estimate of drug-likeness (QED) is 0.868. The summed E-state index contributed by atoms with van der Waals surface area (Å²) in [4.78, 5) is 0. The highest BCUT2D eigenvalue weighted by Crippen LogP contribution is 2.16. The van der Waals surface area contributed by atoms with E-state index in [4.69, 9.17) is 0 Å². The lowest BCUT2D eigenvalue weighted by atomic mass is 10.2. The van der Waals surface area contributed by atoms with E-state index in [2.05, 4.69) is 5.32 Å². The van der Waals surface area contributed by atoms with Crippen LogP contribution < -0.4 is 5.32 Å². The molecule has 1 N–H and O–H groups in total. The van der Waals surface area contributed by atoms with Gasteiger partial charge in [-0.25, -0.2) is 13.2 Å². The predicted octanol–water partition coefficient (Wildman–Crippen LogP) is 4.02. The van der Waals surface area contributed by atoms with Crippen LogP contribution in [0.25, 0.3) is 0 Å². The molecule has 4 heteroatoms. The van der Waals surface area contributed by atoms with Crippen molar-refractivity contribution in [1.82, 2.24) is 0 Å². The fourth-order valence-electron chi connectivity index (χ4n) is 1.62. The number of hydrogen-bond donors (Lipinski definition) is 1. The lowest BCUT2D eigenvalue weighted by molar-refractivity contribution is 0.574. The van der Waals surface area contributed by atoms with Gasteiger partial charge in [0, 0.05) is 23.9 Å². The summed E-state index contributed by atoms with van der Waals surface area (Å²) in [6.45, 7) is 1.87. The van der Waals surface area contributed by atoms with Gasteiger partial charge in [-0.05, 0) is 36.8 Å². The normalized spacial score (nSPS) is 10.4. The molecule has 0 saturated carbocycles. The third kappa shape index (κ3) is 2.83. The smallest absolute Gasteiger partial charge is 0.131 e. The molecule has 0 spiro atoms. The van der Waals surface area contributed by atoms with Gasteiger partial charge in [-0.1, -0.05) is 6.07 Å². The Morgan fingerprint density at radius 2 is 1.72 bits per heavy atom. The summed E-state index contributed by atoms with van der Waals surface area (Å²) >= 11 is 0. The van der Waals surface area contributed by atoms with Crippen molar-refractivity contribution < 1.29 is 13.2 Å². The molecule has 0 saturated heterocycles. The van der Waals surface area contributed by atoms with Crippen molar-refractivity contribution >= 4 is 5.69 Å². The number of benzene rings is 2. The zero-order valence-corrected chi connectivity index (χ0v) is 9.81. The first-order chi connectivity index (χ1) is 8.56. The minimum atomic E-state index is -0.603. The largest absolute Gasteiger partial charge is 0.381 e. The van der Waals surface area contributed by atoms with Crippen LogP contribution in [-0.2, 0) is 6.54 Å². The highest BCUT2D eigenvalue weighted by atomic mass is 19.1. The average Bonchev–Trinajstić information content (AvgIpc) is 2.32. The molecule has 0 aliphatic rings. The molecule has 0 radical (unpaired) electrons. The SMILES string of the molecule is Cc1cc(NCc2ccc(F)cc2F)ccc1F. The van der Waals surface area contributed by atoms with Crippen molar-refractivity contribution in [3.63, 3.8) is 0 Å². The van der Waals surface area contributed by atoms with E-state index in [0.717, 1.165) is 6.07 Å². The highest BCUT2D eigenvalue weighted by Gasteiger charge is 2.04. The molecule has 0 aliphatic carbocycles.